The number of nitrogens with one attached hydrogen (secondary N) is 3. The van der Waals surface area contributed by atoms with Gasteiger partial charge in [0.25, 0.3) is 0 Å². The fraction of sp³-hybridized carbons (Fsp3) is 0.524. The fourth-order valence-corrected chi connectivity index (χ4v) is 11.8. The molecule has 0 radical (unpaired) electrons. The average molecular weight is 707 g/mol. The first kappa shape index (κ1) is 33.7. The Balaban J connectivity index is 1.32. The van der Waals surface area contributed by atoms with Crippen molar-refractivity contribution >= 4 is 33.7 Å². The van der Waals surface area contributed by atoms with Crippen LogP contribution in [-0.4, -0.2) is 91.1 Å². The van der Waals surface area contributed by atoms with E-state index in [1.807, 2.05) is 6.92 Å². The first-order valence-corrected chi connectivity index (χ1v) is 19.0. The topological polar surface area (TPSA) is 129 Å². The maximum atomic E-state index is 14.4. The molecule has 6 aliphatic rings. The van der Waals surface area contributed by atoms with Crippen molar-refractivity contribution < 1.29 is 28.9 Å². The van der Waals surface area contributed by atoms with E-state index in [4.69, 9.17) is 14.2 Å². The highest BCUT2D eigenvalue weighted by Gasteiger charge is 2.64. The second-order valence-electron chi connectivity index (χ2n) is 16.0. The lowest BCUT2D eigenvalue weighted by Gasteiger charge is -2.58. The van der Waals surface area contributed by atoms with Crippen LogP contribution >= 0.6 is 0 Å². The minimum Gasteiger partial charge on any atom is -0.496 e. The molecular formula is C42H50N4O6. The summed E-state index contributed by atoms with van der Waals surface area (Å²) >= 11 is 0. The number of aliphatic hydroxyl groups is 1. The zero-order valence-corrected chi connectivity index (χ0v) is 30.8. The van der Waals surface area contributed by atoms with Gasteiger partial charge in [-0.3, -0.25) is 14.5 Å². The highest BCUT2D eigenvalue weighted by molar-refractivity contribution is 5.95. The van der Waals surface area contributed by atoms with Gasteiger partial charge in [-0.15, -0.1) is 0 Å². The fourth-order valence-electron chi connectivity index (χ4n) is 11.8. The van der Waals surface area contributed by atoms with Crippen LogP contribution in [0.1, 0.15) is 67.1 Å². The van der Waals surface area contributed by atoms with Gasteiger partial charge in [0.05, 0.1) is 38.9 Å². The lowest BCUT2D eigenvalue weighted by molar-refractivity contribution is -0.166. The molecule has 52 heavy (non-hydrogen) atoms. The van der Waals surface area contributed by atoms with Crippen LogP contribution < -0.4 is 10.1 Å². The summed E-state index contributed by atoms with van der Waals surface area (Å²) < 4.78 is 17.5. The van der Waals surface area contributed by atoms with E-state index >= 15 is 0 Å². The van der Waals surface area contributed by atoms with E-state index < -0.39 is 11.5 Å². The number of methoxy groups -OCH3 is 3. The lowest BCUT2D eigenvalue weighted by atomic mass is 9.56. The minimum atomic E-state index is -0.934. The van der Waals surface area contributed by atoms with Crippen molar-refractivity contribution in [1.82, 2.24) is 20.2 Å². The summed E-state index contributed by atoms with van der Waals surface area (Å²) in [5.74, 6) is -0.0127. The Bertz CT molecular complexity index is 2110. The summed E-state index contributed by atoms with van der Waals surface area (Å²) in [5, 5.41) is 17.1. The molecule has 2 aliphatic carbocycles. The predicted octanol–water partition coefficient (Wildman–Crippen LogP) is 5.12. The van der Waals surface area contributed by atoms with E-state index in [9.17, 15) is 14.7 Å². The molecule has 4 aliphatic heterocycles. The second-order valence-corrected chi connectivity index (χ2v) is 16.0. The van der Waals surface area contributed by atoms with Crippen LogP contribution in [0.4, 0.5) is 0 Å². The molecule has 0 spiro atoms. The number of aromatic nitrogens is 2. The Morgan fingerprint density at radius 3 is 2.62 bits per heavy atom. The number of fused-ring (bicyclic) bond motifs is 9. The van der Waals surface area contributed by atoms with E-state index in [2.05, 4.69) is 69.6 Å². The molecule has 1 saturated carbocycles. The van der Waals surface area contributed by atoms with E-state index in [1.165, 1.54) is 25.4 Å². The third-order valence-electron chi connectivity index (χ3n) is 13.8. The Morgan fingerprint density at radius 2 is 1.87 bits per heavy atom. The van der Waals surface area contributed by atoms with Crippen LogP contribution in [0.2, 0.25) is 0 Å². The summed E-state index contributed by atoms with van der Waals surface area (Å²) in [6.07, 6.45) is 5.33. The van der Waals surface area contributed by atoms with E-state index in [-0.39, 0.29) is 53.6 Å². The number of nitrogens with zero attached hydrogens (tertiary/aromatic N) is 1. The molecule has 1 unspecified atom stereocenters. The van der Waals surface area contributed by atoms with Crippen molar-refractivity contribution in [2.75, 3.05) is 41.0 Å². The SMILES string of the molecule is C/C=C1\CN[C@@H]2Cc3c([nH]c4ccccc34)[C@H](c3c(OC)ccc4c5c([nH]c34)[C@]3(C(=O)OC)C[C@H]4C[C@H]([C@H](C)O)[C@@H]3N(CC5)C4)C[C@H]1[C@@H]2C(=O)OC. The molecule has 10 heteroatoms. The molecule has 10 nitrogen and oxygen atoms in total. The molecule has 0 amide bonds. The number of para-hydroxylation sites is 1. The number of aromatic amines is 2. The first-order valence-electron chi connectivity index (χ1n) is 19.0. The number of carbonyl (C=O) groups is 2. The lowest BCUT2D eigenvalue weighted by Crippen LogP contribution is -2.68. The summed E-state index contributed by atoms with van der Waals surface area (Å²) in [7, 11) is 4.72. The van der Waals surface area contributed by atoms with Gasteiger partial charge in [-0.25, -0.2) is 0 Å². The summed E-state index contributed by atoms with van der Waals surface area (Å²) in [4.78, 5) is 38.4. The second kappa shape index (κ2) is 12.5. The van der Waals surface area contributed by atoms with E-state index in [0.717, 1.165) is 76.0 Å². The number of ether oxygens (including phenoxy) is 3. The largest absolute Gasteiger partial charge is 0.496 e. The number of aliphatic hydroxyl groups excluding tert-OH is 1. The van der Waals surface area contributed by atoms with Gasteiger partial charge in [0.15, 0.2) is 0 Å². The molecule has 2 aromatic carbocycles. The van der Waals surface area contributed by atoms with Gasteiger partial charge in [0, 0.05) is 76.8 Å². The Hall–Kier alpha value is -4.12. The molecule has 3 saturated heterocycles. The van der Waals surface area contributed by atoms with Gasteiger partial charge < -0.3 is 34.6 Å². The van der Waals surface area contributed by atoms with E-state index in [1.54, 1.807) is 7.11 Å². The predicted molar refractivity (Wildman–Crippen MR) is 199 cm³/mol. The molecule has 6 heterocycles. The molecule has 4 aromatic rings. The monoisotopic (exact) mass is 706 g/mol. The van der Waals surface area contributed by atoms with Gasteiger partial charge in [-0.2, -0.15) is 0 Å². The van der Waals surface area contributed by atoms with Crippen LogP contribution in [-0.2, 0) is 37.3 Å². The minimum absolute atomic E-state index is 0.0418. The van der Waals surface area contributed by atoms with Crippen LogP contribution in [0.15, 0.2) is 48.0 Å². The number of hydrogen-bond acceptors (Lipinski definition) is 8. The van der Waals surface area contributed by atoms with Gasteiger partial charge in [-0.05, 0) is 87.1 Å². The van der Waals surface area contributed by atoms with Gasteiger partial charge >= 0.3 is 11.9 Å². The van der Waals surface area contributed by atoms with Crippen molar-refractivity contribution in [3.63, 3.8) is 0 Å². The van der Waals surface area contributed by atoms with Gasteiger partial charge in [-0.1, -0.05) is 29.8 Å². The third-order valence-corrected chi connectivity index (χ3v) is 13.8. The molecule has 10 atom stereocenters. The maximum Gasteiger partial charge on any atom is 0.319 e. The zero-order valence-electron chi connectivity index (χ0n) is 30.8. The van der Waals surface area contributed by atoms with Gasteiger partial charge in [0.1, 0.15) is 11.2 Å². The average Bonchev–Trinajstić information content (AvgIpc) is 3.70. The quantitative estimate of drug-likeness (QED) is 0.167. The first-order chi connectivity index (χ1) is 25.2. The molecule has 4 fully saturated rings. The maximum absolute atomic E-state index is 14.4. The number of allylic oxidation sites excluding steroid dienone is 1. The van der Waals surface area contributed by atoms with Crippen LogP contribution in [0, 0.1) is 23.7 Å². The van der Waals surface area contributed by atoms with Crippen molar-refractivity contribution in [3.8, 4) is 5.75 Å². The summed E-state index contributed by atoms with van der Waals surface area (Å²) in [5.41, 5.74) is 7.74. The standard InChI is InChI=1S/C42H50N4O6/c1-6-23-19-43-32-17-29-24-9-7-8-10-31(24)44-36(29)30(16-28(23)34(32)40(48)51-4)35-33(50-3)12-11-25-26-13-14-46-20-22-15-27(21(2)47)39(46)42(18-22,41(49)52-5)38(26)45-37(25)35/h6-12,21-22,27-28,30,32,34,39,43-45,47H,13-20H2,1-5H3/b23-6+/t21-,22+,27+,28+,30-,32+,34-,39-,42+/m0/s1. The number of benzene rings is 2. The number of rotatable bonds is 5. The molecule has 2 aromatic heterocycles. The Labute approximate surface area is 304 Å². The smallest absolute Gasteiger partial charge is 0.319 e. The third kappa shape index (κ3) is 4.66. The molecular weight excluding hydrogens is 656 g/mol. The Morgan fingerprint density at radius 1 is 1.04 bits per heavy atom. The highest BCUT2D eigenvalue weighted by atomic mass is 16.5. The van der Waals surface area contributed by atoms with E-state index in [0.29, 0.717) is 25.8 Å². The number of carbonyl (C=O) groups excluding carboxylic acids is 2. The van der Waals surface area contributed by atoms with Crippen molar-refractivity contribution in [3.05, 3.63) is 76.1 Å². The van der Waals surface area contributed by atoms with Crippen molar-refractivity contribution in [1.29, 1.82) is 0 Å². The zero-order chi connectivity index (χ0) is 36.1. The van der Waals surface area contributed by atoms with Crippen LogP contribution in [0.5, 0.6) is 5.75 Å². The Kier molecular flexibility index (Phi) is 8.10. The number of hydrogen-bond donors (Lipinski definition) is 4. The molecule has 4 N–H and O–H groups in total. The van der Waals surface area contributed by atoms with Crippen molar-refractivity contribution in [2.24, 2.45) is 23.7 Å². The van der Waals surface area contributed by atoms with Crippen molar-refractivity contribution in [2.45, 2.75) is 75.5 Å². The normalized spacial score (nSPS) is 33.5. The number of piperidine rings is 3. The summed E-state index contributed by atoms with van der Waals surface area (Å²) in [6.45, 7) is 6.39. The van der Waals surface area contributed by atoms with Crippen LogP contribution in [0.3, 0.4) is 0 Å². The summed E-state index contributed by atoms with van der Waals surface area (Å²) in [6, 6.07) is 12.4. The molecule has 10 rings (SSSR count). The van der Waals surface area contributed by atoms with Gasteiger partial charge in [0.2, 0.25) is 0 Å². The molecule has 6 bridgehead atoms. The number of H-pyrrole nitrogens is 2. The number of esters is 2. The molecule has 274 valence electrons. The van der Waals surface area contributed by atoms with Crippen LogP contribution in [0.25, 0.3) is 21.8 Å². The highest BCUT2D eigenvalue weighted by Crippen LogP contribution is 2.57.